The average molecular weight is 349 g/mol. The van der Waals surface area contributed by atoms with Crippen LogP contribution in [0.25, 0.3) is 11.5 Å². The molecule has 1 aromatic heterocycles. The van der Waals surface area contributed by atoms with E-state index in [-0.39, 0.29) is 16.7 Å². The van der Waals surface area contributed by atoms with E-state index in [0.717, 1.165) is 17.7 Å². The van der Waals surface area contributed by atoms with E-state index >= 15 is 0 Å². The van der Waals surface area contributed by atoms with E-state index in [1.54, 1.807) is 7.11 Å². The van der Waals surface area contributed by atoms with Crippen LogP contribution in [-0.4, -0.2) is 34.0 Å². The van der Waals surface area contributed by atoms with Gasteiger partial charge in [-0.15, -0.1) is 10.2 Å². The number of hydrogen-bond acceptors (Lipinski definition) is 6. The van der Waals surface area contributed by atoms with Crippen LogP contribution in [0.15, 0.2) is 33.9 Å². The Hall–Kier alpha value is -2.02. The maximum Gasteiger partial charge on any atom is 0.277 e. The molecule has 0 saturated heterocycles. The molecule has 1 N–H and O–H groups in total. The number of carbonyl (C=O) groups is 1. The van der Waals surface area contributed by atoms with Crippen molar-refractivity contribution in [2.45, 2.75) is 50.1 Å². The molecule has 0 aliphatic carbocycles. The summed E-state index contributed by atoms with van der Waals surface area (Å²) in [6.45, 7) is 7.85. The van der Waals surface area contributed by atoms with Crippen molar-refractivity contribution >= 4 is 17.7 Å². The highest BCUT2D eigenvalue weighted by Crippen LogP contribution is 2.27. The normalized spacial score (nSPS) is 12.7. The van der Waals surface area contributed by atoms with Crippen LogP contribution in [0.5, 0.6) is 5.75 Å². The fourth-order valence-electron chi connectivity index (χ4n) is 1.84. The van der Waals surface area contributed by atoms with Crippen molar-refractivity contribution in [2.24, 2.45) is 0 Å². The highest BCUT2D eigenvalue weighted by molar-refractivity contribution is 8.00. The largest absolute Gasteiger partial charge is 0.497 e. The first-order valence-corrected chi connectivity index (χ1v) is 8.69. The van der Waals surface area contributed by atoms with Gasteiger partial charge in [-0.1, -0.05) is 18.7 Å². The van der Waals surface area contributed by atoms with Gasteiger partial charge in [0.05, 0.1) is 12.4 Å². The summed E-state index contributed by atoms with van der Waals surface area (Å²) in [7, 11) is 1.61. The topological polar surface area (TPSA) is 77.2 Å². The average Bonchev–Trinajstić information content (AvgIpc) is 3.03. The Bertz CT molecular complexity index is 683. The van der Waals surface area contributed by atoms with Crippen LogP contribution in [0.1, 0.15) is 34.1 Å². The number of rotatable bonds is 7. The van der Waals surface area contributed by atoms with Crippen LogP contribution in [0, 0.1) is 0 Å². The second-order valence-corrected chi connectivity index (χ2v) is 7.38. The van der Waals surface area contributed by atoms with Crippen LogP contribution in [0.3, 0.4) is 0 Å². The minimum Gasteiger partial charge on any atom is -0.497 e. The molecule has 2 aromatic rings. The molecule has 1 atom stereocenters. The molecule has 0 radical (unpaired) electrons. The summed E-state index contributed by atoms with van der Waals surface area (Å²) in [4.78, 5) is 12.2. The van der Waals surface area contributed by atoms with Gasteiger partial charge in [0.15, 0.2) is 0 Å². The molecule has 0 aliphatic rings. The first kappa shape index (κ1) is 18.3. The van der Waals surface area contributed by atoms with Crippen molar-refractivity contribution in [1.82, 2.24) is 15.5 Å². The number of methoxy groups -OCH3 is 1. The lowest BCUT2D eigenvalue weighted by atomic mass is 10.0. The van der Waals surface area contributed by atoms with Crippen LogP contribution < -0.4 is 10.1 Å². The molecule has 1 heterocycles. The summed E-state index contributed by atoms with van der Waals surface area (Å²) in [5, 5.41) is 11.1. The molecule has 0 fully saturated rings. The Kier molecular flexibility index (Phi) is 5.88. The van der Waals surface area contributed by atoms with Gasteiger partial charge >= 0.3 is 0 Å². The van der Waals surface area contributed by atoms with Crippen molar-refractivity contribution in [3.8, 4) is 17.2 Å². The summed E-state index contributed by atoms with van der Waals surface area (Å²) in [6, 6.07) is 7.35. The summed E-state index contributed by atoms with van der Waals surface area (Å²) >= 11 is 1.25. The van der Waals surface area contributed by atoms with E-state index in [2.05, 4.69) is 15.5 Å². The fourth-order valence-corrected chi connectivity index (χ4v) is 2.52. The van der Waals surface area contributed by atoms with Gasteiger partial charge in [0.2, 0.25) is 11.8 Å². The van der Waals surface area contributed by atoms with Crippen LogP contribution in [0.2, 0.25) is 0 Å². The number of ether oxygens (including phenoxy) is 1. The maximum absolute atomic E-state index is 12.2. The van der Waals surface area contributed by atoms with Crippen molar-refractivity contribution in [2.75, 3.05) is 7.11 Å². The predicted octanol–water partition coefficient (Wildman–Crippen LogP) is 3.53. The zero-order valence-electron chi connectivity index (χ0n) is 14.6. The lowest BCUT2D eigenvalue weighted by Gasteiger charge is -2.25. The SMILES string of the molecule is CCC(C)(C)NC(=O)C(C)Sc1nnc(-c2ccc(OC)cc2)o1. The number of nitrogens with zero attached hydrogens (tertiary/aromatic N) is 2. The summed E-state index contributed by atoms with van der Waals surface area (Å²) in [6.07, 6.45) is 0.859. The van der Waals surface area contributed by atoms with E-state index in [9.17, 15) is 4.79 Å². The van der Waals surface area contributed by atoms with Gasteiger partial charge in [-0.05, 0) is 51.5 Å². The number of nitrogens with one attached hydrogen (secondary N) is 1. The maximum atomic E-state index is 12.2. The van der Waals surface area contributed by atoms with Crippen molar-refractivity contribution in [3.05, 3.63) is 24.3 Å². The Balaban J connectivity index is 2.01. The van der Waals surface area contributed by atoms with Crippen LogP contribution in [0.4, 0.5) is 0 Å². The molecule has 0 bridgehead atoms. The number of amides is 1. The second kappa shape index (κ2) is 7.70. The number of aromatic nitrogens is 2. The molecular formula is C17H23N3O3S. The zero-order valence-corrected chi connectivity index (χ0v) is 15.4. The number of thioether (sulfide) groups is 1. The first-order chi connectivity index (χ1) is 11.3. The second-order valence-electron chi connectivity index (χ2n) is 6.09. The zero-order chi connectivity index (χ0) is 17.7. The third-order valence-electron chi connectivity index (χ3n) is 3.74. The number of hydrogen-bond donors (Lipinski definition) is 1. The Labute approximate surface area is 146 Å². The molecule has 1 unspecified atom stereocenters. The van der Waals surface area contributed by atoms with Crippen molar-refractivity contribution in [1.29, 1.82) is 0 Å². The quantitative estimate of drug-likeness (QED) is 0.771. The Morgan fingerprint density at radius 3 is 2.58 bits per heavy atom. The lowest BCUT2D eigenvalue weighted by Crippen LogP contribution is -2.46. The molecule has 6 nitrogen and oxygen atoms in total. The standard InChI is InChI=1S/C17H23N3O3S/c1-6-17(3,4)18-14(21)11(2)24-16-20-19-15(23-16)12-7-9-13(22-5)10-8-12/h7-11H,6H2,1-5H3,(H,18,21). The first-order valence-electron chi connectivity index (χ1n) is 7.81. The Morgan fingerprint density at radius 2 is 2.00 bits per heavy atom. The van der Waals surface area contributed by atoms with Gasteiger partial charge < -0.3 is 14.5 Å². The monoisotopic (exact) mass is 349 g/mol. The van der Waals surface area contributed by atoms with Gasteiger partial charge in [0.25, 0.3) is 5.22 Å². The summed E-state index contributed by atoms with van der Waals surface area (Å²) in [5.74, 6) is 1.13. The lowest BCUT2D eigenvalue weighted by molar-refractivity contribution is -0.121. The number of carbonyl (C=O) groups excluding carboxylic acids is 1. The van der Waals surface area contributed by atoms with Crippen LogP contribution in [-0.2, 0) is 4.79 Å². The van der Waals surface area contributed by atoms with Gasteiger partial charge in [0.1, 0.15) is 5.75 Å². The van der Waals surface area contributed by atoms with Crippen molar-refractivity contribution in [3.63, 3.8) is 0 Å². The minimum absolute atomic E-state index is 0.0453. The predicted molar refractivity (Wildman–Crippen MR) is 94.1 cm³/mol. The molecule has 7 heteroatoms. The highest BCUT2D eigenvalue weighted by atomic mass is 32.2. The van der Waals surface area contributed by atoms with E-state index in [1.165, 1.54) is 11.8 Å². The molecule has 24 heavy (non-hydrogen) atoms. The fraction of sp³-hybridized carbons (Fsp3) is 0.471. The van der Waals surface area contributed by atoms with Crippen molar-refractivity contribution < 1.29 is 13.9 Å². The molecule has 0 saturated carbocycles. The van der Waals surface area contributed by atoms with Gasteiger partial charge in [-0.2, -0.15) is 0 Å². The third-order valence-corrected chi connectivity index (χ3v) is 4.67. The molecule has 0 spiro atoms. The smallest absolute Gasteiger partial charge is 0.277 e. The van der Waals surface area contributed by atoms with E-state index < -0.39 is 0 Å². The molecule has 2 rings (SSSR count). The van der Waals surface area contributed by atoms with Gasteiger partial charge in [-0.25, -0.2) is 0 Å². The number of benzene rings is 1. The van der Waals surface area contributed by atoms with E-state index in [1.807, 2.05) is 52.0 Å². The summed E-state index contributed by atoms with van der Waals surface area (Å²) in [5.41, 5.74) is 0.578. The minimum atomic E-state index is -0.319. The third kappa shape index (κ3) is 4.74. The molecule has 0 aliphatic heterocycles. The molecular weight excluding hydrogens is 326 g/mol. The summed E-state index contributed by atoms with van der Waals surface area (Å²) < 4.78 is 10.8. The van der Waals surface area contributed by atoms with Gasteiger partial charge in [0, 0.05) is 11.1 Å². The molecule has 1 aromatic carbocycles. The van der Waals surface area contributed by atoms with E-state index in [4.69, 9.17) is 9.15 Å². The molecule has 1 amide bonds. The highest BCUT2D eigenvalue weighted by Gasteiger charge is 2.24. The van der Waals surface area contributed by atoms with E-state index in [0.29, 0.717) is 11.1 Å². The Morgan fingerprint density at radius 1 is 1.33 bits per heavy atom. The van der Waals surface area contributed by atoms with Crippen LogP contribution >= 0.6 is 11.8 Å². The molecule has 130 valence electrons. The van der Waals surface area contributed by atoms with Gasteiger partial charge in [-0.3, -0.25) is 4.79 Å².